The van der Waals surface area contributed by atoms with Gasteiger partial charge in [0.2, 0.25) is 0 Å². The lowest BCUT2D eigenvalue weighted by atomic mass is 10.2. The van der Waals surface area contributed by atoms with Crippen LogP contribution in [-0.2, 0) is 11.2 Å². The highest BCUT2D eigenvalue weighted by molar-refractivity contribution is 5.34. The summed E-state index contributed by atoms with van der Waals surface area (Å²) in [6.07, 6.45) is 4.01. The predicted molar refractivity (Wildman–Crippen MR) is 48.9 cm³/mol. The summed E-state index contributed by atoms with van der Waals surface area (Å²) in [5, 5.41) is 0. The zero-order valence-electron chi connectivity index (χ0n) is 7.91. The van der Waals surface area contributed by atoms with Crippen LogP contribution in [0, 0.1) is 0 Å². The Labute approximate surface area is 77.7 Å². The van der Waals surface area contributed by atoms with E-state index in [1.54, 1.807) is 20.4 Å². The summed E-state index contributed by atoms with van der Waals surface area (Å²) >= 11 is 0. The first-order valence-corrected chi connectivity index (χ1v) is 4.40. The quantitative estimate of drug-likeness (QED) is 0.692. The summed E-state index contributed by atoms with van der Waals surface area (Å²) in [5.41, 5.74) is 2.33. The van der Waals surface area contributed by atoms with Gasteiger partial charge in [-0.1, -0.05) is 0 Å². The van der Waals surface area contributed by atoms with Crippen LogP contribution in [0.25, 0.3) is 0 Å². The molecule has 1 heterocycles. The van der Waals surface area contributed by atoms with Crippen molar-refractivity contribution < 1.29 is 9.47 Å². The molecule has 3 heteroatoms. The maximum Gasteiger partial charge on any atom is 0.137 e. The number of pyridine rings is 1. The Kier molecular flexibility index (Phi) is 2.19. The molecule has 0 N–H and O–H groups in total. The molecule has 13 heavy (non-hydrogen) atoms. The topological polar surface area (TPSA) is 31.4 Å². The molecule has 3 nitrogen and oxygen atoms in total. The standard InChI is InChI=1S/C10H13NO2/c1-12-7-5-8-9(11-6-7)3-4-10(8)13-2/h5-6,10H,3-4H2,1-2H3. The zero-order chi connectivity index (χ0) is 9.26. The lowest BCUT2D eigenvalue weighted by Gasteiger charge is -2.09. The second-order valence-corrected chi connectivity index (χ2v) is 3.17. The van der Waals surface area contributed by atoms with E-state index in [9.17, 15) is 0 Å². The summed E-state index contributed by atoms with van der Waals surface area (Å²) in [4.78, 5) is 4.32. The molecular formula is C10H13NO2. The average molecular weight is 179 g/mol. The molecule has 70 valence electrons. The summed E-state index contributed by atoms with van der Waals surface area (Å²) in [6, 6.07) is 2.02. The fourth-order valence-corrected chi connectivity index (χ4v) is 1.76. The van der Waals surface area contributed by atoms with Gasteiger partial charge in [0, 0.05) is 18.4 Å². The van der Waals surface area contributed by atoms with Crippen molar-refractivity contribution in [1.82, 2.24) is 4.98 Å². The van der Waals surface area contributed by atoms with Crippen molar-refractivity contribution >= 4 is 0 Å². The molecule has 0 amide bonds. The molecule has 1 unspecified atom stereocenters. The maximum absolute atomic E-state index is 5.34. The van der Waals surface area contributed by atoms with Crippen molar-refractivity contribution in [2.75, 3.05) is 14.2 Å². The largest absolute Gasteiger partial charge is 0.495 e. The Morgan fingerprint density at radius 2 is 2.31 bits per heavy atom. The van der Waals surface area contributed by atoms with Crippen LogP contribution in [0.5, 0.6) is 5.75 Å². The van der Waals surface area contributed by atoms with E-state index in [0.717, 1.165) is 24.3 Å². The second-order valence-electron chi connectivity index (χ2n) is 3.17. The molecule has 1 atom stereocenters. The van der Waals surface area contributed by atoms with Crippen LogP contribution in [0.3, 0.4) is 0 Å². The van der Waals surface area contributed by atoms with E-state index in [-0.39, 0.29) is 6.10 Å². The first kappa shape index (κ1) is 8.51. The van der Waals surface area contributed by atoms with E-state index in [4.69, 9.17) is 9.47 Å². The summed E-state index contributed by atoms with van der Waals surface area (Å²) in [5.74, 6) is 0.808. The van der Waals surface area contributed by atoms with Crippen LogP contribution < -0.4 is 4.74 Å². The van der Waals surface area contributed by atoms with Gasteiger partial charge in [-0.3, -0.25) is 4.98 Å². The molecule has 1 aromatic rings. The molecule has 0 fully saturated rings. The molecule has 2 rings (SSSR count). The number of hydrogen-bond donors (Lipinski definition) is 0. The van der Waals surface area contributed by atoms with Gasteiger partial charge in [0.05, 0.1) is 19.4 Å². The number of ether oxygens (including phenoxy) is 2. The Bertz CT molecular complexity index is 312. The normalized spacial score (nSPS) is 20.0. The lowest BCUT2D eigenvalue weighted by Crippen LogP contribution is -1.97. The first-order chi connectivity index (χ1) is 6.35. The van der Waals surface area contributed by atoms with Crippen molar-refractivity contribution in [2.45, 2.75) is 18.9 Å². The molecule has 0 radical (unpaired) electrons. The molecule has 1 aromatic heterocycles. The minimum absolute atomic E-state index is 0.206. The summed E-state index contributed by atoms with van der Waals surface area (Å²) in [7, 11) is 3.39. The average Bonchev–Trinajstić information content (AvgIpc) is 2.59. The molecule has 1 aliphatic rings. The van der Waals surface area contributed by atoms with Crippen molar-refractivity contribution in [3.05, 3.63) is 23.5 Å². The molecule has 0 saturated heterocycles. The molecule has 0 bridgehead atoms. The number of fused-ring (bicyclic) bond motifs is 1. The number of aromatic nitrogens is 1. The summed E-state index contributed by atoms with van der Waals surface area (Å²) < 4.78 is 10.5. The van der Waals surface area contributed by atoms with E-state index in [0.29, 0.717) is 0 Å². The smallest absolute Gasteiger partial charge is 0.137 e. The highest BCUT2D eigenvalue weighted by Gasteiger charge is 2.23. The predicted octanol–water partition coefficient (Wildman–Crippen LogP) is 1.72. The molecule has 0 saturated carbocycles. The van der Waals surface area contributed by atoms with Gasteiger partial charge in [-0.2, -0.15) is 0 Å². The van der Waals surface area contributed by atoms with Gasteiger partial charge < -0.3 is 9.47 Å². The van der Waals surface area contributed by atoms with E-state index >= 15 is 0 Å². The number of hydrogen-bond acceptors (Lipinski definition) is 3. The Morgan fingerprint density at radius 1 is 1.46 bits per heavy atom. The highest BCUT2D eigenvalue weighted by Crippen LogP contribution is 2.33. The molecule has 0 aromatic carbocycles. The van der Waals surface area contributed by atoms with Crippen LogP contribution in [0.4, 0.5) is 0 Å². The van der Waals surface area contributed by atoms with Gasteiger partial charge in [-0.05, 0) is 18.9 Å². The fourth-order valence-electron chi connectivity index (χ4n) is 1.76. The van der Waals surface area contributed by atoms with E-state index in [2.05, 4.69) is 4.98 Å². The third-order valence-corrected chi connectivity index (χ3v) is 2.49. The van der Waals surface area contributed by atoms with Crippen LogP contribution in [-0.4, -0.2) is 19.2 Å². The molecule has 1 aliphatic carbocycles. The van der Waals surface area contributed by atoms with Crippen molar-refractivity contribution in [3.8, 4) is 5.75 Å². The summed E-state index contributed by atoms with van der Waals surface area (Å²) in [6.45, 7) is 0. The van der Waals surface area contributed by atoms with E-state index < -0.39 is 0 Å². The number of nitrogens with zero attached hydrogens (tertiary/aromatic N) is 1. The van der Waals surface area contributed by atoms with Crippen molar-refractivity contribution in [1.29, 1.82) is 0 Å². The van der Waals surface area contributed by atoms with Gasteiger partial charge in [0.1, 0.15) is 5.75 Å². The molecule has 0 aliphatic heterocycles. The maximum atomic E-state index is 5.34. The Hall–Kier alpha value is -1.09. The zero-order valence-corrected chi connectivity index (χ0v) is 7.91. The van der Waals surface area contributed by atoms with E-state index in [1.807, 2.05) is 6.07 Å². The van der Waals surface area contributed by atoms with Gasteiger partial charge in [0.15, 0.2) is 0 Å². The van der Waals surface area contributed by atoms with Gasteiger partial charge >= 0.3 is 0 Å². The second kappa shape index (κ2) is 3.34. The molecular weight excluding hydrogens is 166 g/mol. The van der Waals surface area contributed by atoms with Crippen molar-refractivity contribution in [3.63, 3.8) is 0 Å². The lowest BCUT2D eigenvalue weighted by molar-refractivity contribution is 0.105. The SMILES string of the molecule is COc1cnc2c(c1)C(OC)CC2. The number of rotatable bonds is 2. The van der Waals surface area contributed by atoms with Crippen molar-refractivity contribution in [2.24, 2.45) is 0 Å². The fraction of sp³-hybridized carbons (Fsp3) is 0.500. The van der Waals surface area contributed by atoms with Gasteiger partial charge in [-0.25, -0.2) is 0 Å². The Balaban J connectivity index is 2.37. The Morgan fingerprint density at radius 3 is 3.00 bits per heavy atom. The third-order valence-electron chi connectivity index (χ3n) is 2.49. The van der Waals surface area contributed by atoms with Crippen LogP contribution in [0.15, 0.2) is 12.3 Å². The number of methoxy groups -OCH3 is 2. The van der Waals surface area contributed by atoms with Crippen LogP contribution in [0.2, 0.25) is 0 Å². The van der Waals surface area contributed by atoms with Gasteiger partial charge in [-0.15, -0.1) is 0 Å². The van der Waals surface area contributed by atoms with Crippen LogP contribution in [0.1, 0.15) is 23.8 Å². The van der Waals surface area contributed by atoms with Gasteiger partial charge in [0.25, 0.3) is 0 Å². The third kappa shape index (κ3) is 1.40. The minimum Gasteiger partial charge on any atom is -0.495 e. The first-order valence-electron chi connectivity index (χ1n) is 4.40. The minimum atomic E-state index is 0.206. The highest BCUT2D eigenvalue weighted by atomic mass is 16.5. The molecule has 0 spiro atoms. The van der Waals surface area contributed by atoms with E-state index in [1.165, 1.54) is 5.56 Å². The van der Waals surface area contributed by atoms with Crippen LogP contribution >= 0.6 is 0 Å². The monoisotopic (exact) mass is 179 g/mol. The number of aryl methyl sites for hydroxylation is 1.